The molecule has 1 unspecified atom stereocenters. The predicted molar refractivity (Wildman–Crippen MR) is 79.3 cm³/mol. The van der Waals surface area contributed by atoms with Crippen LogP contribution in [0.1, 0.15) is 66.8 Å². The Morgan fingerprint density at radius 2 is 2.11 bits per heavy atom. The van der Waals surface area contributed by atoms with Gasteiger partial charge in [-0.25, -0.2) is 0 Å². The lowest BCUT2D eigenvalue weighted by Crippen LogP contribution is -2.22. The van der Waals surface area contributed by atoms with Crippen molar-refractivity contribution in [2.75, 3.05) is 6.54 Å². The summed E-state index contributed by atoms with van der Waals surface area (Å²) in [5, 5.41) is 3.78. The lowest BCUT2D eigenvalue weighted by atomic mass is 10.1. The highest BCUT2D eigenvalue weighted by molar-refractivity contribution is 7.12. The predicted octanol–water partition coefficient (Wildman–Crippen LogP) is 4.47. The van der Waals surface area contributed by atoms with Crippen molar-refractivity contribution < 1.29 is 0 Å². The highest BCUT2D eigenvalue weighted by Crippen LogP contribution is 2.44. The molecule has 3 rings (SSSR count). The van der Waals surface area contributed by atoms with Gasteiger partial charge >= 0.3 is 0 Å². The highest BCUT2D eigenvalue weighted by atomic mass is 32.1. The first kappa shape index (κ1) is 12.7. The van der Waals surface area contributed by atoms with Crippen molar-refractivity contribution >= 4 is 11.3 Å². The van der Waals surface area contributed by atoms with Gasteiger partial charge in [0, 0.05) is 15.8 Å². The van der Waals surface area contributed by atoms with Crippen LogP contribution in [0.3, 0.4) is 0 Å². The third-order valence-corrected chi connectivity index (χ3v) is 5.60. The van der Waals surface area contributed by atoms with Crippen LogP contribution in [0, 0.1) is 5.92 Å². The molecule has 1 nitrogen and oxygen atoms in total. The Morgan fingerprint density at radius 1 is 1.28 bits per heavy atom. The molecule has 1 aromatic heterocycles. The summed E-state index contributed by atoms with van der Waals surface area (Å²) in [5.74, 6) is 0.929. The van der Waals surface area contributed by atoms with Crippen LogP contribution < -0.4 is 5.32 Å². The zero-order chi connectivity index (χ0) is 12.4. The molecule has 18 heavy (non-hydrogen) atoms. The molecule has 0 amide bonds. The van der Waals surface area contributed by atoms with Crippen LogP contribution in [-0.4, -0.2) is 6.54 Å². The van der Waals surface area contributed by atoms with Crippen LogP contribution in [0.4, 0.5) is 0 Å². The van der Waals surface area contributed by atoms with Gasteiger partial charge in [-0.05, 0) is 69.0 Å². The lowest BCUT2D eigenvalue weighted by molar-refractivity contribution is 0.488. The number of hydrogen-bond donors (Lipinski definition) is 1. The molecule has 100 valence electrons. The number of hydrogen-bond acceptors (Lipinski definition) is 2. The van der Waals surface area contributed by atoms with Gasteiger partial charge in [0.1, 0.15) is 0 Å². The lowest BCUT2D eigenvalue weighted by Gasteiger charge is -2.16. The number of aryl methyl sites for hydroxylation is 2. The molecule has 1 saturated carbocycles. The van der Waals surface area contributed by atoms with Gasteiger partial charge in [0.2, 0.25) is 0 Å². The molecule has 0 aliphatic heterocycles. The summed E-state index contributed by atoms with van der Waals surface area (Å²) in [5.41, 5.74) is 1.68. The van der Waals surface area contributed by atoms with Crippen molar-refractivity contribution in [2.24, 2.45) is 5.92 Å². The molecule has 0 radical (unpaired) electrons. The van der Waals surface area contributed by atoms with E-state index in [0.29, 0.717) is 6.04 Å². The average molecular weight is 263 g/mol. The van der Waals surface area contributed by atoms with Crippen molar-refractivity contribution in [3.05, 3.63) is 21.4 Å². The molecule has 0 saturated heterocycles. The minimum atomic E-state index is 0.668. The zero-order valence-corrected chi connectivity index (χ0v) is 12.3. The van der Waals surface area contributed by atoms with E-state index < -0.39 is 0 Å². The van der Waals surface area contributed by atoms with Gasteiger partial charge in [-0.1, -0.05) is 13.3 Å². The fourth-order valence-corrected chi connectivity index (χ4v) is 4.50. The monoisotopic (exact) mass is 263 g/mol. The second kappa shape index (κ2) is 5.75. The second-order valence-corrected chi connectivity index (χ2v) is 7.10. The van der Waals surface area contributed by atoms with E-state index >= 15 is 0 Å². The summed E-state index contributed by atoms with van der Waals surface area (Å²) in [6.07, 6.45) is 11.0. The Kier molecular flexibility index (Phi) is 4.05. The minimum Gasteiger partial charge on any atom is -0.309 e. The van der Waals surface area contributed by atoms with Gasteiger partial charge < -0.3 is 5.32 Å². The Bertz CT molecular complexity index is 368. The molecule has 1 N–H and O–H groups in total. The molecule has 1 aromatic rings. The molecule has 1 atom stereocenters. The second-order valence-electron chi connectivity index (χ2n) is 5.93. The zero-order valence-electron chi connectivity index (χ0n) is 11.5. The van der Waals surface area contributed by atoms with Crippen molar-refractivity contribution in [2.45, 2.75) is 64.3 Å². The first-order valence-corrected chi connectivity index (χ1v) is 8.55. The van der Waals surface area contributed by atoms with E-state index in [2.05, 4.69) is 29.6 Å². The maximum Gasteiger partial charge on any atom is 0.0443 e. The Labute approximate surface area is 115 Å². The summed E-state index contributed by atoms with van der Waals surface area (Å²) in [6.45, 7) is 3.43. The van der Waals surface area contributed by atoms with Crippen molar-refractivity contribution in [1.29, 1.82) is 0 Å². The van der Waals surface area contributed by atoms with Crippen molar-refractivity contribution in [3.63, 3.8) is 0 Å². The van der Waals surface area contributed by atoms with E-state index in [4.69, 9.17) is 0 Å². The first-order chi connectivity index (χ1) is 8.88. The Balaban J connectivity index is 1.77. The van der Waals surface area contributed by atoms with Crippen molar-refractivity contribution in [1.82, 2.24) is 5.32 Å². The van der Waals surface area contributed by atoms with Crippen LogP contribution >= 0.6 is 11.3 Å². The number of fused-ring (bicyclic) bond motifs is 1. The molecule has 2 heteroatoms. The smallest absolute Gasteiger partial charge is 0.0443 e. The van der Waals surface area contributed by atoms with Crippen LogP contribution in [0.25, 0.3) is 0 Å². The van der Waals surface area contributed by atoms with Crippen LogP contribution in [0.15, 0.2) is 6.07 Å². The Hall–Kier alpha value is -0.340. The third kappa shape index (κ3) is 2.80. The summed E-state index contributed by atoms with van der Waals surface area (Å²) in [4.78, 5) is 3.34. The van der Waals surface area contributed by atoms with Gasteiger partial charge in [0.15, 0.2) is 0 Å². The van der Waals surface area contributed by atoms with Gasteiger partial charge in [0.05, 0.1) is 0 Å². The molecule has 1 heterocycles. The van der Waals surface area contributed by atoms with E-state index in [1.807, 2.05) is 0 Å². The van der Waals surface area contributed by atoms with E-state index in [0.717, 1.165) is 5.92 Å². The molecular weight excluding hydrogens is 238 g/mol. The SMILES string of the molecule is CCCNC(c1cc2c(s1)CCCCC2)C1CC1. The molecule has 2 aliphatic rings. The summed E-state index contributed by atoms with van der Waals surface area (Å²) >= 11 is 2.11. The van der Waals surface area contributed by atoms with Crippen LogP contribution in [-0.2, 0) is 12.8 Å². The fourth-order valence-electron chi connectivity index (χ4n) is 3.07. The topological polar surface area (TPSA) is 12.0 Å². The first-order valence-electron chi connectivity index (χ1n) is 7.73. The van der Waals surface area contributed by atoms with E-state index in [1.54, 1.807) is 15.3 Å². The molecule has 0 bridgehead atoms. The van der Waals surface area contributed by atoms with E-state index in [1.165, 1.54) is 57.9 Å². The molecule has 2 aliphatic carbocycles. The quantitative estimate of drug-likeness (QED) is 0.773. The average Bonchev–Trinajstić information content (AvgIpc) is 3.16. The van der Waals surface area contributed by atoms with Crippen LogP contribution in [0.5, 0.6) is 0 Å². The summed E-state index contributed by atoms with van der Waals surface area (Å²) in [7, 11) is 0. The molecule has 0 aromatic carbocycles. The van der Waals surface area contributed by atoms with Crippen molar-refractivity contribution in [3.8, 4) is 0 Å². The highest BCUT2D eigenvalue weighted by Gasteiger charge is 2.33. The summed E-state index contributed by atoms with van der Waals surface area (Å²) < 4.78 is 0. The summed E-state index contributed by atoms with van der Waals surface area (Å²) in [6, 6.07) is 3.21. The van der Waals surface area contributed by atoms with E-state index in [9.17, 15) is 0 Å². The van der Waals surface area contributed by atoms with Crippen LogP contribution in [0.2, 0.25) is 0 Å². The van der Waals surface area contributed by atoms with E-state index in [-0.39, 0.29) is 0 Å². The number of rotatable bonds is 5. The maximum absolute atomic E-state index is 3.78. The minimum absolute atomic E-state index is 0.668. The molecule has 1 fully saturated rings. The third-order valence-electron chi connectivity index (χ3n) is 4.28. The van der Waals surface area contributed by atoms with Gasteiger partial charge in [-0.3, -0.25) is 0 Å². The fraction of sp³-hybridized carbons (Fsp3) is 0.750. The molecule has 0 spiro atoms. The molecular formula is C16H25NS. The van der Waals surface area contributed by atoms with Gasteiger partial charge in [-0.2, -0.15) is 0 Å². The Morgan fingerprint density at radius 3 is 2.89 bits per heavy atom. The largest absolute Gasteiger partial charge is 0.309 e. The number of thiophene rings is 1. The standard InChI is InChI=1S/C16H25NS/c1-2-10-17-16(12-8-9-12)15-11-13-6-4-3-5-7-14(13)18-15/h11-12,16-17H,2-10H2,1H3. The number of nitrogens with one attached hydrogen (secondary N) is 1. The van der Waals surface area contributed by atoms with Gasteiger partial charge in [0.25, 0.3) is 0 Å². The van der Waals surface area contributed by atoms with Gasteiger partial charge in [-0.15, -0.1) is 11.3 Å². The maximum atomic E-state index is 3.78. The normalized spacial score (nSPS) is 21.4.